The lowest BCUT2D eigenvalue weighted by Gasteiger charge is -2.18. The van der Waals surface area contributed by atoms with Gasteiger partial charge in [0, 0.05) is 13.1 Å². The minimum Gasteiger partial charge on any atom is -0.383 e. The molecule has 1 heterocycles. The number of aromatic nitrogens is 2. The van der Waals surface area contributed by atoms with E-state index >= 15 is 0 Å². The summed E-state index contributed by atoms with van der Waals surface area (Å²) in [5.74, 6) is 0.637. The van der Waals surface area contributed by atoms with E-state index in [-0.39, 0.29) is 5.56 Å². The average Bonchev–Trinajstić information content (AvgIpc) is 2.86. The Morgan fingerprint density at radius 2 is 1.80 bits per heavy atom. The van der Waals surface area contributed by atoms with Crippen molar-refractivity contribution in [3.8, 4) is 0 Å². The fraction of sp³-hybridized carbons (Fsp3) is 0.448. The fourth-order valence-corrected chi connectivity index (χ4v) is 4.19. The molecule has 0 atom stereocenters. The van der Waals surface area contributed by atoms with Gasteiger partial charge in [0.15, 0.2) is 0 Å². The molecule has 1 aromatic heterocycles. The zero-order valence-electron chi connectivity index (χ0n) is 21.8. The Hall–Kier alpha value is -2.99. The highest BCUT2D eigenvalue weighted by Crippen LogP contribution is 2.21. The van der Waals surface area contributed by atoms with Crippen molar-refractivity contribution in [2.75, 3.05) is 31.5 Å². The van der Waals surface area contributed by atoms with Crippen molar-refractivity contribution in [1.82, 2.24) is 14.5 Å². The Labute approximate surface area is 208 Å². The summed E-state index contributed by atoms with van der Waals surface area (Å²) >= 11 is 0. The maximum Gasteiger partial charge on any atom is 0.261 e. The van der Waals surface area contributed by atoms with Crippen LogP contribution in [0.5, 0.6) is 0 Å². The largest absolute Gasteiger partial charge is 0.383 e. The second-order valence-electron chi connectivity index (χ2n) is 9.24. The summed E-state index contributed by atoms with van der Waals surface area (Å²) < 4.78 is 16.5. The Kier molecular flexibility index (Phi) is 9.61. The van der Waals surface area contributed by atoms with Gasteiger partial charge in [-0.25, -0.2) is 9.37 Å². The predicted molar refractivity (Wildman–Crippen MR) is 147 cm³/mol. The number of hydrogen-bond donors (Lipinski definition) is 1. The summed E-state index contributed by atoms with van der Waals surface area (Å²) in [5, 5.41) is 3.50. The molecular weight excluding hydrogens is 439 g/mol. The number of anilines is 1. The number of rotatable bonds is 12. The Morgan fingerprint density at radius 1 is 1.09 bits per heavy atom. The maximum absolute atomic E-state index is 14.8. The van der Waals surface area contributed by atoms with E-state index in [1.165, 1.54) is 11.6 Å². The summed E-state index contributed by atoms with van der Waals surface area (Å²) in [6.07, 6.45) is 5.54. The number of benzene rings is 2. The second-order valence-corrected chi connectivity index (χ2v) is 9.24. The first-order valence-corrected chi connectivity index (χ1v) is 12.9. The quantitative estimate of drug-likeness (QED) is 0.307. The standard InChI is InChI=1S/C29H39FN4O/c1-6-17-34-28(15-12-22-10-13-23(14-11-22)21(4)5)32-26-20-27(25(30)19-24(26)29(34)35)31-16-9-18-33(7-2)8-3/h10-15,19-21,31H,6-9,16-18H2,1-5H3/b15-12+. The van der Waals surface area contributed by atoms with E-state index in [2.05, 4.69) is 62.2 Å². The lowest BCUT2D eigenvalue weighted by atomic mass is 10.0. The summed E-state index contributed by atoms with van der Waals surface area (Å²) in [5.41, 5.74) is 3.01. The van der Waals surface area contributed by atoms with Crippen LogP contribution in [0.25, 0.3) is 23.1 Å². The van der Waals surface area contributed by atoms with Crippen LogP contribution < -0.4 is 10.9 Å². The van der Waals surface area contributed by atoms with Crippen molar-refractivity contribution in [2.24, 2.45) is 0 Å². The molecule has 3 rings (SSSR count). The summed E-state index contributed by atoms with van der Waals surface area (Å²) in [6, 6.07) is 11.4. The van der Waals surface area contributed by atoms with Gasteiger partial charge in [-0.15, -0.1) is 0 Å². The van der Waals surface area contributed by atoms with Crippen molar-refractivity contribution < 1.29 is 4.39 Å². The smallest absolute Gasteiger partial charge is 0.261 e. The van der Waals surface area contributed by atoms with E-state index in [0.29, 0.717) is 41.4 Å². The van der Waals surface area contributed by atoms with E-state index in [9.17, 15) is 9.18 Å². The van der Waals surface area contributed by atoms with Crippen LogP contribution in [0.2, 0.25) is 0 Å². The van der Waals surface area contributed by atoms with Gasteiger partial charge in [-0.1, -0.05) is 65.0 Å². The first-order valence-electron chi connectivity index (χ1n) is 12.9. The molecule has 6 heteroatoms. The number of fused-ring (bicyclic) bond motifs is 1. The van der Waals surface area contributed by atoms with Crippen molar-refractivity contribution in [1.29, 1.82) is 0 Å². The molecule has 0 radical (unpaired) electrons. The van der Waals surface area contributed by atoms with Crippen LogP contribution in [0.4, 0.5) is 10.1 Å². The minimum atomic E-state index is -0.421. The molecule has 0 spiro atoms. The van der Waals surface area contributed by atoms with Crippen molar-refractivity contribution in [3.05, 3.63) is 69.5 Å². The topological polar surface area (TPSA) is 50.2 Å². The zero-order chi connectivity index (χ0) is 25.4. The summed E-state index contributed by atoms with van der Waals surface area (Å²) in [6.45, 7) is 14.8. The lowest BCUT2D eigenvalue weighted by Crippen LogP contribution is -2.25. The number of hydrogen-bond acceptors (Lipinski definition) is 4. The molecule has 0 bridgehead atoms. The molecule has 2 aromatic carbocycles. The van der Waals surface area contributed by atoms with Gasteiger partial charge in [0.2, 0.25) is 0 Å². The predicted octanol–water partition coefficient (Wildman–Crippen LogP) is 6.38. The summed E-state index contributed by atoms with van der Waals surface area (Å²) in [7, 11) is 0. The van der Waals surface area contributed by atoms with Gasteiger partial charge in [0.25, 0.3) is 5.56 Å². The molecule has 0 aliphatic rings. The molecule has 5 nitrogen and oxygen atoms in total. The minimum absolute atomic E-state index is 0.210. The highest BCUT2D eigenvalue weighted by Gasteiger charge is 2.13. The maximum atomic E-state index is 14.8. The second kappa shape index (κ2) is 12.6. The molecule has 35 heavy (non-hydrogen) atoms. The molecule has 0 aliphatic heterocycles. The molecule has 0 unspecified atom stereocenters. The molecule has 188 valence electrons. The van der Waals surface area contributed by atoms with E-state index in [1.54, 1.807) is 10.6 Å². The van der Waals surface area contributed by atoms with E-state index in [0.717, 1.165) is 38.0 Å². The third kappa shape index (κ3) is 6.79. The van der Waals surface area contributed by atoms with Gasteiger partial charge < -0.3 is 10.2 Å². The van der Waals surface area contributed by atoms with Gasteiger partial charge >= 0.3 is 0 Å². The van der Waals surface area contributed by atoms with E-state index < -0.39 is 5.82 Å². The third-order valence-corrected chi connectivity index (χ3v) is 6.41. The molecule has 0 amide bonds. The number of halogens is 1. The van der Waals surface area contributed by atoms with Gasteiger partial charge in [-0.2, -0.15) is 0 Å². The van der Waals surface area contributed by atoms with Gasteiger partial charge in [-0.3, -0.25) is 9.36 Å². The van der Waals surface area contributed by atoms with E-state index in [1.807, 2.05) is 19.1 Å². The fourth-order valence-electron chi connectivity index (χ4n) is 4.19. The van der Waals surface area contributed by atoms with Crippen LogP contribution in [0.15, 0.2) is 41.2 Å². The zero-order valence-corrected chi connectivity index (χ0v) is 21.8. The molecular formula is C29H39FN4O. The third-order valence-electron chi connectivity index (χ3n) is 6.41. The molecule has 0 saturated carbocycles. The van der Waals surface area contributed by atoms with Crippen molar-refractivity contribution >= 4 is 28.7 Å². The first-order chi connectivity index (χ1) is 16.9. The number of nitrogens with one attached hydrogen (secondary N) is 1. The normalized spacial score (nSPS) is 11.9. The average molecular weight is 479 g/mol. The van der Waals surface area contributed by atoms with Crippen molar-refractivity contribution in [2.45, 2.75) is 59.9 Å². The Balaban J connectivity index is 1.89. The molecule has 0 saturated heterocycles. The van der Waals surface area contributed by atoms with Crippen LogP contribution in [0.1, 0.15) is 70.3 Å². The Morgan fingerprint density at radius 3 is 2.43 bits per heavy atom. The molecule has 0 fully saturated rings. The Bertz CT molecular complexity index is 1190. The molecule has 0 aliphatic carbocycles. The van der Waals surface area contributed by atoms with Gasteiger partial charge in [0.05, 0.1) is 16.6 Å². The van der Waals surface area contributed by atoms with Gasteiger partial charge in [0.1, 0.15) is 11.6 Å². The van der Waals surface area contributed by atoms with Crippen LogP contribution in [-0.4, -0.2) is 40.6 Å². The first kappa shape index (κ1) is 26.6. The monoisotopic (exact) mass is 478 g/mol. The lowest BCUT2D eigenvalue weighted by molar-refractivity contribution is 0.303. The van der Waals surface area contributed by atoms with Gasteiger partial charge in [-0.05, 0) is 67.7 Å². The highest BCUT2D eigenvalue weighted by molar-refractivity contribution is 5.83. The van der Waals surface area contributed by atoms with Crippen LogP contribution in [0.3, 0.4) is 0 Å². The van der Waals surface area contributed by atoms with Crippen molar-refractivity contribution in [3.63, 3.8) is 0 Å². The van der Waals surface area contributed by atoms with E-state index in [4.69, 9.17) is 4.98 Å². The highest BCUT2D eigenvalue weighted by atomic mass is 19.1. The van der Waals surface area contributed by atoms with Crippen LogP contribution in [-0.2, 0) is 6.54 Å². The number of nitrogens with zero attached hydrogens (tertiary/aromatic N) is 3. The van der Waals surface area contributed by atoms with Crippen LogP contribution >= 0.6 is 0 Å². The summed E-state index contributed by atoms with van der Waals surface area (Å²) in [4.78, 5) is 20.3. The molecule has 3 aromatic rings. The molecule has 1 N–H and O–H groups in total. The van der Waals surface area contributed by atoms with Crippen LogP contribution in [0, 0.1) is 5.82 Å². The SMILES string of the molecule is CCCn1c(/C=C/c2ccc(C(C)C)cc2)nc2cc(NCCCN(CC)CC)c(F)cc2c1=O.